The van der Waals surface area contributed by atoms with Crippen LogP contribution >= 0.6 is 11.3 Å². The predicted molar refractivity (Wildman–Crippen MR) is 105 cm³/mol. The van der Waals surface area contributed by atoms with E-state index in [1.807, 2.05) is 30.3 Å². The second-order valence-corrected chi connectivity index (χ2v) is 6.76. The van der Waals surface area contributed by atoms with E-state index in [1.54, 1.807) is 41.8 Å². The molecule has 0 aliphatic carbocycles. The zero-order valence-electron chi connectivity index (χ0n) is 14.8. The van der Waals surface area contributed by atoms with Crippen molar-refractivity contribution in [3.05, 3.63) is 82.6 Å². The van der Waals surface area contributed by atoms with Gasteiger partial charge in [-0.05, 0) is 48.2 Å². The van der Waals surface area contributed by atoms with Crippen LogP contribution in [0.2, 0.25) is 0 Å². The average Bonchev–Trinajstić information content (AvgIpc) is 3.23. The van der Waals surface area contributed by atoms with Gasteiger partial charge >= 0.3 is 5.97 Å². The number of nitrogens with one attached hydrogen (secondary N) is 1. The van der Waals surface area contributed by atoms with Crippen LogP contribution in [0.15, 0.2) is 72.1 Å². The summed E-state index contributed by atoms with van der Waals surface area (Å²) in [7, 11) is 0. The summed E-state index contributed by atoms with van der Waals surface area (Å²) in [6, 6.07) is 20.3. The van der Waals surface area contributed by atoms with E-state index >= 15 is 0 Å². The fourth-order valence-electron chi connectivity index (χ4n) is 2.29. The Morgan fingerprint density at radius 1 is 1.00 bits per heavy atom. The minimum absolute atomic E-state index is 0.391. The molecule has 138 valence electrons. The molecule has 1 atom stereocenters. The highest BCUT2D eigenvalue weighted by Crippen LogP contribution is 2.18. The Kier molecular flexibility index (Phi) is 6.22. The number of carbonyl (C=O) groups excluding carboxylic acids is 2. The summed E-state index contributed by atoms with van der Waals surface area (Å²) in [4.78, 5) is 24.6. The molecule has 0 aliphatic rings. The number of amides is 1. The highest BCUT2D eigenvalue weighted by Gasteiger charge is 2.19. The smallest absolute Gasteiger partial charge is 0.349 e. The van der Waals surface area contributed by atoms with Crippen molar-refractivity contribution in [1.82, 2.24) is 0 Å². The van der Waals surface area contributed by atoms with Gasteiger partial charge in [-0.15, -0.1) is 11.3 Å². The Labute approximate surface area is 161 Å². The quantitative estimate of drug-likeness (QED) is 0.612. The van der Waals surface area contributed by atoms with Crippen LogP contribution in [0.3, 0.4) is 0 Å². The van der Waals surface area contributed by atoms with Crippen LogP contribution in [0.1, 0.15) is 22.2 Å². The highest BCUT2D eigenvalue weighted by molar-refractivity contribution is 7.11. The number of esters is 1. The van der Waals surface area contributed by atoms with E-state index in [2.05, 4.69) is 5.32 Å². The topological polar surface area (TPSA) is 64.6 Å². The Bertz CT molecular complexity index is 876. The van der Waals surface area contributed by atoms with Gasteiger partial charge in [0.15, 0.2) is 6.10 Å². The van der Waals surface area contributed by atoms with Crippen molar-refractivity contribution < 1.29 is 19.1 Å². The van der Waals surface area contributed by atoms with Crippen LogP contribution in [-0.2, 0) is 16.1 Å². The molecule has 3 aromatic rings. The zero-order chi connectivity index (χ0) is 19.1. The largest absolute Gasteiger partial charge is 0.489 e. The Hall–Kier alpha value is -3.12. The third-order valence-electron chi connectivity index (χ3n) is 3.75. The lowest BCUT2D eigenvalue weighted by molar-refractivity contribution is -0.123. The van der Waals surface area contributed by atoms with Gasteiger partial charge < -0.3 is 14.8 Å². The van der Waals surface area contributed by atoms with Crippen LogP contribution in [0.4, 0.5) is 5.69 Å². The molecule has 0 saturated carbocycles. The minimum Gasteiger partial charge on any atom is -0.489 e. The van der Waals surface area contributed by atoms with Crippen molar-refractivity contribution in [1.29, 1.82) is 0 Å². The number of anilines is 1. The summed E-state index contributed by atoms with van der Waals surface area (Å²) in [6.45, 7) is 2.01. The molecule has 2 aromatic carbocycles. The van der Waals surface area contributed by atoms with Crippen molar-refractivity contribution in [3.63, 3.8) is 0 Å². The number of hydrogen-bond donors (Lipinski definition) is 1. The van der Waals surface area contributed by atoms with Crippen LogP contribution in [0.5, 0.6) is 5.75 Å². The molecule has 0 spiro atoms. The number of ether oxygens (including phenoxy) is 2. The van der Waals surface area contributed by atoms with Crippen molar-refractivity contribution in [2.75, 3.05) is 5.32 Å². The van der Waals surface area contributed by atoms with Crippen LogP contribution in [-0.4, -0.2) is 18.0 Å². The second-order valence-electron chi connectivity index (χ2n) is 5.81. The molecule has 1 heterocycles. The van der Waals surface area contributed by atoms with Gasteiger partial charge in [-0.3, -0.25) is 4.79 Å². The van der Waals surface area contributed by atoms with Gasteiger partial charge in [-0.1, -0.05) is 36.4 Å². The molecule has 1 N–H and O–H groups in total. The van der Waals surface area contributed by atoms with E-state index in [4.69, 9.17) is 9.47 Å². The monoisotopic (exact) mass is 381 g/mol. The average molecular weight is 381 g/mol. The molecule has 6 heteroatoms. The Morgan fingerprint density at radius 2 is 1.74 bits per heavy atom. The molecule has 1 aromatic heterocycles. The van der Waals surface area contributed by atoms with Gasteiger partial charge in [-0.2, -0.15) is 0 Å². The molecule has 1 amide bonds. The number of benzene rings is 2. The second kappa shape index (κ2) is 9.00. The Morgan fingerprint density at radius 3 is 2.41 bits per heavy atom. The van der Waals surface area contributed by atoms with Gasteiger partial charge in [-0.25, -0.2) is 4.79 Å². The third kappa shape index (κ3) is 5.43. The van der Waals surface area contributed by atoms with E-state index in [0.29, 0.717) is 22.9 Å². The Balaban J connectivity index is 1.49. The van der Waals surface area contributed by atoms with Crippen molar-refractivity contribution in [2.45, 2.75) is 19.6 Å². The first-order valence-corrected chi connectivity index (χ1v) is 9.32. The number of hydrogen-bond acceptors (Lipinski definition) is 5. The summed E-state index contributed by atoms with van der Waals surface area (Å²) >= 11 is 1.27. The van der Waals surface area contributed by atoms with E-state index in [0.717, 1.165) is 5.56 Å². The molecule has 0 fully saturated rings. The molecular weight excluding hydrogens is 362 g/mol. The van der Waals surface area contributed by atoms with Crippen molar-refractivity contribution in [2.24, 2.45) is 0 Å². The predicted octanol–water partition coefficient (Wildman–Crippen LogP) is 4.51. The minimum atomic E-state index is -0.895. The van der Waals surface area contributed by atoms with Crippen LogP contribution in [0.25, 0.3) is 0 Å². The van der Waals surface area contributed by atoms with E-state index in [-0.39, 0.29) is 0 Å². The van der Waals surface area contributed by atoms with Crippen molar-refractivity contribution >= 4 is 28.9 Å². The lowest BCUT2D eigenvalue weighted by Gasteiger charge is -2.13. The molecule has 0 radical (unpaired) electrons. The molecule has 5 nitrogen and oxygen atoms in total. The van der Waals surface area contributed by atoms with E-state index in [9.17, 15) is 9.59 Å². The molecular formula is C21H19NO4S. The van der Waals surface area contributed by atoms with Gasteiger partial charge in [0.25, 0.3) is 5.91 Å². The molecule has 27 heavy (non-hydrogen) atoms. The first-order chi connectivity index (χ1) is 13.1. The van der Waals surface area contributed by atoms with Crippen LogP contribution in [0, 0.1) is 0 Å². The van der Waals surface area contributed by atoms with Crippen molar-refractivity contribution in [3.8, 4) is 5.75 Å². The molecule has 0 aliphatic heterocycles. The zero-order valence-corrected chi connectivity index (χ0v) is 15.6. The third-order valence-corrected chi connectivity index (χ3v) is 4.60. The molecule has 0 saturated heterocycles. The number of carbonyl (C=O) groups is 2. The maximum atomic E-state index is 12.2. The van der Waals surface area contributed by atoms with Crippen LogP contribution < -0.4 is 10.1 Å². The fourth-order valence-corrected chi connectivity index (χ4v) is 2.89. The summed E-state index contributed by atoms with van der Waals surface area (Å²) in [5.41, 5.74) is 1.68. The lowest BCUT2D eigenvalue weighted by atomic mass is 10.2. The van der Waals surface area contributed by atoms with Gasteiger partial charge in [0, 0.05) is 5.69 Å². The number of rotatable bonds is 7. The molecule has 3 rings (SSSR count). The summed E-state index contributed by atoms with van der Waals surface area (Å²) in [5, 5.41) is 4.51. The maximum absolute atomic E-state index is 12.2. The first kappa shape index (κ1) is 18.7. The van der Waals surface area contributed by atoms with Gasteiger partial charge in [0.1, 0.15) is 17.2 Å². The SMILES string of the molecule is C[C@H](OC(=O)c1cccs1)C(=O)Nc1ccc(OCc2ccccc2)cc1. The lowest BCUT2D eigenvalue weighted by Crippen LogP contribution is -2.29. The normalized spacial score (nSPS) is 11.4. The molecule has 0 unspecified atom stereocenters. The van der Waals surface area contributed by atoms with Gasteiger partial charge in [0.2, 0.25) is 0 Å². The standard InChI is InChI=1S/C21H19NO4S/c1-15(26-21(24)19-8-5-13-27-19)20(23)22-17-9-11-18(12-10-17)25-14-16-6-3-2-4-7-16/h2-13,15H,14H2,1H3,(H,22,23)/t15-/m0/s1. The van der Waals surface area contributed by atoms with E-state index in [1.165, 1.54) is 18.3 Å². The van der Waals surface area contributed by atoms with E-state index < -0.39 is 18.0 Å². The summed E-state index contributed by atoms with van der Waals surface area (Å²) < 4.78 is 10.9. The van der Waals surface area contributed by atoms with Gasteiger partial charge in [0.05, 0.1) is 0 Å². The summed E-state index contributed by atoms with van der Waals surface area (Å²) in [6.07, 6.45) is -0.895. The fraction of sp³-hybridized carbons (Fsp3) is 0.143. The highest BCUT2D eigenvalue weighted by atomic mass is 32.1. The first-order valence-electron chi connectivity index (χ1n) is 8.44. The summed E-state index contributed by atoms with van der Waals surface area (Å²) in [5.74, 6) is -0.191. The molecule has 0 bridgehead atoms. The number of thiophene rings is 1. The maximum Gasteiger partial charge on any atom is 0.349 e.